The number of nitrogens with two attached hydrogens (primary N) is 1. The predicted molar refractivity (Wildman–Crippen MR) is 82.2 cm³/mol. The fourth-order valence-electron chi connectivity index (χ4n) is 1.92. The van der Waals surface area contributed by atoms with Crippen LogP contribution in [0.5, 0.6) is 5.75 Å². The highest BCUT2D eigenvalue weighted by Gasteiger charge is 2.18. The number of methoxy groups -OCH3 is 1. The van der Waals surface area contributed by atoms with Crippen molar-refractivity contribution >= 4 is 11.6 Å². The van der Waals surface area contributed by atoms with E-state index in [1.165, 1.54) is 0 Å². The molecule has 1 rings (SSSR count). The highest BCUT2D eigenvalue weighted by Crippen LogP contribution is 2.21. The average molecular weight is 279 g/mol. The Bertz CT molecular complexity index is 447. The fourth-order valence-corrected chi connectivity index (χ4v) is 1.92. The predicted octanol–water partition coefficient (Wildman–Crippen LogP) is 1.69. The number of nitrogens with zero attached hydrogens (tertiary/aromatic N) is 2. The van der Waals surface area contributed by atoms with Gasteiger partial charge in [-0.3, -0.25) is 4.79 Å². The Hall–Kier alpha value is -1.75. The van der Waals surface area contributed by atoms with Crippen molar-refractivity contribution in [3.05, 3.63) is 23.8 Å². The number of amides is 1. The molecule has 20 heavy (non-hydrogen) atoms. The maximum absolute atomic E-state index is 12.6. The van der Waals surface area contributed by atoms with E-state index in [2.05, 4.69) is 11.8 Å². The van der Waals surface area contributed by atoms with Crippen molar-refractivity contribution in [1.29, 1.82) is 0 Å². The minimum Gasteiger partial charge on any atom is -0.497 e. The van der Waals surface area contributed by atoms with E-state index < -0.39 is 0 Å². The number of anilines is 1. The number of hydrogen-bond donors (Lipinski definition) is 1. The summed E-state index contributed by atoms with van der Waals surface area (Å²) in [5.41, 5.74) is 6.92. The molecular formula is C15H25N3O2. The lowest BCUT2D eigenvalue weighted by Gasteiger charge is -2.24. The molecule has 0 bridgehead atoms. The van der Waals surface area contributed by atoms with Crippen molar-refractivity contribution in [3.8, 4) is 5.75 Å². The third-order valence-corrected chi connectivity index (χ3v) is 3.09. The molecule has 0 radical (unpaired) electrons. The Labute approximate surface area is 121 Å². The Morgan fingerprint density at radius 3 is 2.50 bits per heavy atom. The van der Waals surface area contributed by atoms with E-state index in [1.54, 1.807) is 25.3 Å². The number of rotatable bonds is 7. The summed E-state index contributed by atoms with van der Waals surface area (Å²) in [7, 11) is 5.57. The van der Waals surface area contributed by atoms with Crippen LogP contribution >= 0.6 is 0 Å². The van der Waals surface area contributed by atoms with Gasteiger partial charge < -0.3 is 20.3 Å². The van der Waals surface area contributed by atoms with E-state index in [0.717, 1.165) is 19.5 Å². The molecule has 0 aliphatic carbocycles. The molecule has 5 heteroatoms. The summed E-state index contributed by atoms with van der Waals surface area (Å²) in [6.45, 7) is 4.31. The molecule has 5 nitrogen and oxygen atoms in total. The maximum Gasteiger partial charge on any atom is 0.256 e. The molecule has 0 atom stereocenters. The van der Waals surface area contributed by atoms with E-state index >= 15 is 0 Å². The normalized spacial score (nSPS) is 10.7. The minimum absolute atomic E-state index is 0.0369. The van der Waals surface area contributed by atoms with Crippen molar-refractivity contribution in [2.45, 2.75) is 13.3 Å². The van der Waals surface area contributed by atoms with E-state index in [4.69, 9.17) is 10.5 Å². The van der Waals surface area contributed by atoms with Crippen LogP contribution in [0.3, 0.4) is 0 Å². The van der Waals surface area contributed by atoms with Crippen LogP contribution < -0.4 is 10.5 Å². The Kier molecular flexibility index (Phi) is 6.31. The zero-order valence-corrected chi connectivity index (χ0v) is 12.8. The Morgan fingerprint density at radius 2 is 1.95 bits per heavy atom. The van der Waals surface area contributed by atoms with Crippen LogP contribution in [-0.2, 0) is 0 Å². The summed E-state index contributed by atoms with van der Waals surface area (Å²) in [4.78, 5) is 16.5. The molecule has 1 amide bonds. The highest BCUT2D eigenvalue weighted by atomic mass is 16.5. The van der Waals surface area contributed by atoms with E-state index in [9.17, 15) is 4.79 Å². The monoisotopic (exact) mass is 279 g/mol. The Balaban J connectivity index is 2.93. The summed E-state index contributed by atoms with van der Waals surface area (Å²) in [5.74, 6) is 0.608. The second-order valence-electron chi connectivity index (χ2n) is 5.05. The number of benzene rings is 1. The van der Waals surface area contributed by atoms with Gasteiger partial charge in [0.05, 0.1) is 12.7 Å². The second kappa shape index (κ2) is 7.75. The van der Waals surface area contributed by atoms with Crippen LogP contribution in [0.15, 0.2) is 18.2 Å². The molecule has 2 N–H and O–H groups in total. The molecule has 0 unspecified atom stereocenters. The van der Waals surface area contributed by atoms with Crippen molar-refractivity contribution in [2.75, 3.05) is 46.6 Å². The molecule has 0 aliphatic rings. The molecule has 0 heterocycles. The summed E-state index contributed by atoms with van der Waals surface area (Å²) in [6, 6.07) is 5.17. The van der Waals surface area contributed by atoms with Gasteiger partial charge in [0.15, 0.2) is 0 Å². The van der Waals surface area contributed by atoms with Crippen LogP contribution in [0.4, 0.5) is 5.69 Å². The minimum atomic E-state index is -0.0369. The zero-order chi connectivity index (χ0) is 15.1. The molecule has 0 saturated heterocycles. The van der Waals surface area contributed by atoms with E-state index in [1.807, 2.05) is 19.0 Å². The van der Waals surface area contributed by atoms with Crippen molar-refractivity contribution in [1.82, 2.24) is 9.80 Å². The number of ether oxygens (including phenoxy) is 1. The fraction of sp³-hybridized carbons (Fsp3) is 0.533. The first-order valence-corrected chi connectivity index (χ1v) is 6.87. The summed E-state index contributed by atoms with van der Waals surface area (Å²) < 4.78 is 5.16. The summed E-state index contributed by atoms with van der Waals surface area (Å²) in [5, 5.41) is 0. The maximum atomic E-state index is 12.6. The van der Waals surface area contributed by atoms with Crippen molar-refractivity contribution < 1.29 is 9.53 Å². The van der Waals surface area contributed by atoms with Gasteiger partial charge in [0.1, 0.15) is 5.75 Å². The van der Waals surface area contributed by atoms with Crippen LogP contribution in [0.1, 0.15) is 23.7 Å². The van der Waals surface area contributed by atoms with Crippen molar-refractivity contribution in [3.63, 3.8) is 0 Å². The SMILES string of the molecule is CCCN(CCN(C)C)C(=O)c1cc(OC)ccc1N. The first kappa shape index (κ1) is 16.3. The molecule has 1 aromatic rings. The molecule has 112 valence electrons. The lowest BCUT2D eigenvalue weighted by molar-refractivity contribution is 0.0745. The number of hydrogen-bond acceptors (Lipinski definition) is 4. The summed E-state index contributed by atoms with van der Waals surface area (Å²) in [6.07, 6.45) is 0.920. The quantitative estimate of drug-likeness (QED) is 0.772. The molecular weight excluding hydrogens is 254 g/mol. The number of likely N-dealkylation sites (N-methyl/N-ethyl adjacent to an activating group) is 1. The molecule has 0 fully saturated rings. The molecule has 1 aromatic carbocycles. The third kappa shape index (κ3) is 4.42. The third-order valence-electron chi connectivity index (χ3n) is 3.09. The number of nitrogen functional groups attached to an aromatic ring is 1. The van der Waals surface area contributed by atoms with Gasteiger partial charge in [-0.2, -0.15) is 0 Å². The van der Waals surface area contributed by atoms with Gasteiger partial charge in [-0.25, -0.2) is 0 Å². The first-order valence-electron chi connectivity index (χ1n) is 6.87. The van der Waals surface area contributed by atoms with Gasteiger partial charge in [-0.05, 0) is 38.7 Å². The van der Waals surface area contributed by atoms with Gasteiger partial charge in [-0.15, -0.1) is 0 Å². The van der Waals surface area contributed by atoms with E-state index in [0.29, 0.717) is 23.5 Å². The van der Waals surface area contributed by atoms with Gasteiger partial charge >= 0.3 is 0 Å². The van der Waals surface area contributed by atoms with Crippen LogP contribution in [0.2, 0.25) is 0 Å². The van der Waals surface area contributed by atoms with Crippen LogP contribution in [-0.4, -0.2) is 56.5 Å². The molecule has 0 aromatic heterocycles. The Morgan fingerprint density at radius 1 is 1.25 bits per heavy atom. The standard InChI is InChI=1S/C15H25N3O2/c1-5-8-18(10-9-17(2)3)15(19)13-11-12(20-4)6-7-14(13)16/h6-7,11H,5,8-10,16H2,1-4H3. The van der Waals surface area contributed by atoms with Gasteiger partial charge in [0.25, 0.3) is 5.91 Å². The lowest BCUT2D eigenvalue weighted by Crippen LogP contribution is -2.37. The first-order chi connectivity index (χ1) is 9.49. The topological polar surface area (TPSA) is 58.8 Å². The number of carbonyl (C=O) groups is 1. The molecule has 0 spiro atoms. The van der Waals surface area contributed by atoms with E-state index in [-0.39, 0.29) is 5.91 Å². The van der Waals surface area contributed by atoms with Gasteiger partial charge in [0, 0.05) is 25.3 Å². The zero-order valence-electron chi connectivity index (χ0n) is 12.8. The molecule has 0 saturated carbocycles. The highest BCUT2D eigenvalue weighted by molar-refractivity contribution is 5.99. The number of carbonyl (C=O) groups excluding carboxylic acids is 1. The molecule has 0 aliphatic heterocycles. The van der Waals surface area contributed by atoms with Crippen LogP contribution in [0.25, 0.3) is 0 Å². The summed E-state index contributed by atoms with van der Waals surface area (Å²) >= 11 is 0. The van der Waals surface area contributed by atoms with Crippen molar-refractivity contribution in [2.24, 2.45) is 0 Å². The average Bonchev–Trinajstić information content (AvgIpc) is 2.43. The van der Waals surface area contributed by atoms with Gasteiger partial charge in [-0.1, -0.05) is 6.92 Å². The smallest absolute Gasteiger partial charge is 0.256 e. The lowest BCUT2D eigenvalue weighted by atomic mass is 10.1. The largest absolute Gasteiger partial charge is 0.497 e. The van der Waals surface area contributed by atoms with Crippen LogP contribution in [0, 0.1) is 0 Å². The van der Waals surface area contributed by atoms with Gasteiger partial charge in [0.2, 0.25) is 0 Å². The second-order valence-corrected chi connectivity index (χ2v) is 5.05.